The van der Waals surface area contributed by atoms with Crippen LogP contribution in [-0.2, 0) is 9.53 Å². The molecule has 0 saturated heterocycles. The van der Waals surface area contributed by atoms with Crippen LogP contribution < -0.4 is 9.47 Å². The van der Waals surface area contributed by atoms with Crippen molar-refractivity contribution in [2.24, 2.45) is 0 Å². The number of carbonyl (C=O) groups excluding carboxylic acids is 1. The molecule has 2 atom stereocenters. The Labute approximate surface area is 105 Å². The van der Waals surface area contributed by atoms with E-state index in [1.807, 2.05) is 0 Å². The van der Waals surface area contributed by atoms with Gasteiger partial charge in [0.2, 0.25) is 0 Å². The van der Waals surface area contributed by atoms with Gasteiger partial charge >= 0.3 is 5.97 Å². The van der Waals surface area contributed by atoms with E-state index in [1.54, 1.807) is 6.07 Å². The number of methoxy groups -OCH3 is 3. The Morgan fingerprint density at radius 2 is 1.72 bits per heavy atom. The molecule has 0 spiro atoms. The lowest BCUT2D eigenvalue weighted by Crippen LogP contribution is -2.29. The summed E-state index contributed by atoms with van der Waals surface area (Å²) >= 11 is 0. The smallest absolute Gasteiger partial charge is 0.337 e. The molecule has 0 aromatic heterocycles. The summed E-state index contributed by atoms with van der Waals surface area (Å²) < 4.78 is 14.5. The van der Waals surface area contributed by atoms with Crippen molar-refractivity contribution in [2.45, 2.75) is 12.2 Å². The number of ether oxygens (including phenoxy) is 3. The average Bonchev–Trinajstić information content (AvgIpc) is 2.43. The van der Waals surface area contributed by atoms with E-state index in [1.165, 1.54) is 26.4 Å². The van der Waals surface area contributed by atoms with Crippen LogP contribution in [0.4, 0.5) is 0 Å². The molecule has 0 aliphatic heterocycles. The van der Waals surface area contributed by atoms with Crippen LogP contribution in [0.1, 0.15) is 11.7 Å². The van der Waals surface area contributed by atoms with Crippen LogP contribution in [0.25, 0.3) is 0 Å². The van der Waals surface area contributed by atoms with Gasteiger partial charge in [0.25, 0.3) is 0 Å². The first-order valence-corrected chi connectivity index (χ1v) is 5.21. The van der Waals surface area contributed by atoms with Crippen molar-refractivity contribution in [1.82, 2.24) is 0 Å². The zero-order valence-electron chi connectivity index (χ0n) is 10.4. The second-order valence-corrected chi connectivity index (χ2v) is 3.53. The molecule has 1 aromatic rings. The summed E-state index contributed by atoms with van der Waals surface area (Å²) in [6, 6.07) is 4.58. The van der Waals surface area contributed by atoms with Crippen LogP contribution in [-0.4, -0.2) is 43.6 Å². The maximum absolute atomic E-state index is 11.1. The molecule has 0 radical (unpaired) electrons. The van der Waals surface area contributed by atoms with Gasteiger partial charge in [0.1, 0.15) is 6.10 Å². The van der Waals surface area contributed by atoms with Gasteiger partial charge < -0.3 is 24.4 Å². The molecular weight excluding hydrogens is 240 g/mol. The van der Waals surface area contributed by atoms with Gasteiger partial charge in [-0.25, -0.2) is 4.79 Å². The SMILES string of the molecule is COC(=O)[C@H](O)[C@@H](O)c1ccc(OC)c(OC)c1. The molecule has 18 heavy (non-hydrogen) atoms. The summed E-state index contributed by atoms with van der Waals surface area (Å²) in [5.41, 5.74) is 0.325. The van der Waals surface area contributed by atoms with Crippen LogP contribution in [0.2, 0.25) is 0 Å². The Hall–Kier alpha value is -1.79. The number of aliphatic hydroxyl groups excluding tert-OH is 2. The molecule has 1 rings (SSSR count). The number of carbonyl (C=O) groups is 1. The van der Waals surface area contributed by atoms with Crippen molar-refractivity contribution in [3.8, 4) is 11.5 Å². The third-order valence-electron chi connectivity index (χ3n) is 2.49. The first-order chi connectivity index (χ1) is 8.54. The number of benzene rings is 1. The zero-order valence-corrected chi connectivity index (χ0v) is 10.4. The van der Waals surface area contributed by atoms with E-state index in [0.717, 1.165) is 7.11 Å². The first kappa shape index (κ1) is 14.3. The monoisotopic (exact) mass is 256 g/mol. The number of hydrogen-bond donors (Lipinski definition) is 2. The van der Waals surface area contributed by atoms with Crippen molar-refractivity contribution in [3.63, 3.8) is 0 Å². The Bertz CT molecular complexity index is 417. The topological polar surface area (TPSA) is 85.2 Å². The zero-order chi connectivity index (χ0) is 13.7. The highest BCUT2D eigenvalue weighted by atomic mass is 16.5. The van der Waals surface area contributed by atoms with Crippen LogP contribution >= 0.6 is 0 Å². The maximum Gasteiger partial charge on any atom is 0.337 e. The molecule has 0 unspecified atom stereocenters. The van der Waals surface area contributed by atoms with E-state index >= 15 is 0 Å². The number of rotatable bonds is 5. The number of hydrogen-bond acceptors (Lipinski definition) is 6. The Kier molecular flexibility index (Phi) is 4.94. The highest BCUT2D eigenvalue weighted by Crippen LogP contribution is 2.30. The standard InChI is InChI=1S/C12H16O6/c1-16-8-5-4-7(6-9(8)17-2)10(13)11(14)12(15)18-3/h4-6,10-11,13-14H,1-3H3/t10-,11+/m0/s1. The van der Waals surface area contributed by atoms with Crippen molar-refractivity contribution in [3.05, 3.63) is 23.8 Å². The predicted octanol–water partition coefficient (Wildman–Crippen LogP) is 0.271. The molecule has 0 bridgehead atoms. The van der Waals surface area contributed by atoms with E-state index in [4.69, 9.17) is 9.47 Å². The van der Waals surface area contributed by atoms with E-state index < -0.39 is 18.2 Å². The Balaban J connectivity index is 2.99. The molecule has 6 nitrogen and oxygen atoms in total. The number of aliphatic hydroxyl groups is 2. The lowest BCUT2D eigenvalue weighted by molar-refractivity contribution is -0.156. The second kappa shape index (κ2) is 6.23. The van der Waals surface area contributed by atoms with Gasteiger partial charge in [0.15, 0.2) is 17.6 Å². The minimum Gasteiger partial charge on any atom is -0.493 e. The van der Waals surface area contributed by atoms with Crippen molar-refractivity contribution >= 4 is 5.97 Å². The maximum atomic E-state index is 11.1. The summed E-state index contributed by atoms with van der Waals surface area (Å²) in [4.78, 5) is 11.1. The molecule has 1 aromatic carbocycles. The molecule has 0 fully saturated rings. The summed E-state index contributed by atoms with van der Waals surface area (Å²) in [5.74, 6) is -0.0237. The largest absolute Gasteiger partial charge is 0.493 e. The lowest BCUT2D eigenvalue weighted by Gasteiger charge is -2.17. The summed E-state index contributed by atoms with van der Waals surface area (Å²) in [5, 5.41) is 19.4. The molecule has 0 heterocycles. The molecule has 6 heteroatoms. The first-order valence-electron chi connectivity index (χ1n) is 5.21. The highest BCUT2D eigenvalue weighted by molar-refractivity contribution is 5.75. The van der Waals surface area contributed by atoms with Gasteiger partial charge in [-0.1, -0.05) is 6.07 Å². The molecule has 0 amide bonds. The number of esters is 1. The van der Waals surface area contributed by atoms with E-state index in [0.29, 0.717) is 17.1 Å². The van der Waals surface area contributed by atoms with Gasteiger partial charge in [-0.2, -0.15) is 0 Å². The Morgan fingerprint density at radius 1 is 1.11 bits per heavy atom. The fourth-order valence-corrected chi connectivity index (χ4v) is 1.47. The fourth-order valence-electron chi connectivity index (χ4n) is 1.47. The average molecular weight is 256 g/mol. The summed E-state index contributed by atoms with van der Waals surface area (Å²) in [6.07, 6.45) is -3.04. The second-order valence-electron chi connectivity index (χ2n) is 3.53. The summed E-state index contributed by atoms with van der Waals surface area (Å²) in [6.45, 7) is 0. The van der Waals surface area contributed by atoms with Gasteiger partial charge in [0, 0.05) is 0 Å². The quantitative estimate of drug-likeness (QED) is 0.736. The summed E-state index contributed by atoms with van der Waals surface area (Å²) in [7, 11) is 4.06. The fraction of sp³-hybridized carbons (Fsp3) is 0.417. The lowest BCUT2D eigenvalue weighted by atomic mass is 10.0. The van der Waals surface area contributed by atoms with Gasteiger partial charge in [-0.15, -0.1) is 0 Å². The minimum absolute atomic E-state index is 0.325. The van der Waals surface area contributed by atoms with Crippen molar-refractivity contribution in [1.29, 1.82) is 0 Å². The van der Waals surface area contributed by atoms with Gasteiger partial charge in [-0.05, 0) is 17.7 Å². The van der Waals surface area contributed by atoms with E-state index in [-0.39, 0.29) is 0 Å². The Morgan fingerprint density at radius 3 is 2.22 bits per heavy atom. The molecule has 0 saturated carbocycles. The van der Waals surface area contributed by atoms with Crippen LogP contribution in [0.5, 0.6) is 11.5 Å². The molecule has 0 aliphatic carbocycles. The minimum atomic E-state index is -1.65. The van der Waals surface area contributed by atoms with E-state index in [2.05, 4.69) is 4.74 Å². The van der Waals surface area contributed by atoms with Crippen molar-refractivity contribution in [2.75, 3.05) is 21.3 Å². The van der Waals surface area contributed by atoms with E-state index in [9.17, 15) is 15.0 Å². The highest BCUT2D eigenvalue weighted by Gasteiger charge is 2.27. The predicted molar refractivity (Wildman–Crippen MR) is 62.5 cm³/mol. The van der Waals surface area contributed by atoms with Crippen LogP contribution in [0.3, 0.4) is 0 Å². The third kappa shape index (κ3) is 2.91. The molecule has 100 valence electrons. The van der Waals surface area contributed by atoms with Gasteiger partial charge in [-0.3, -0.25) is 0 Å². The molecule has 0 aliphatic rings. The van der Waals surface area contributed by atoms with Crippen LogP contribution in [0, 0.1) is 0 Å². The van der Waals surface area contributed by atoms with Gasteiger partial charge in [0.05, 0.1) is 21.3 Å². The molecule has 2 N–H and O–H groups in total. The normalized spacial score (nSPS) is 13.6. The van der Waals surface area contributed by atoms with Crippen LogP contribution in [0.15, 0.2) is 18.2 Å². The molecular formula is C12H16O6. The third-order valence-corrected chi connectivity index (χ3v) is 2.49. The van der Waals surface area contributed by atoms with Crippen molar-refractivity contribution < 1.29 is 29.2 Å².